The number of nitrogens with one attached hydrogen (secondary N) is 1. The Hall–Kier alpha value is -3.61. The third-order valence-electron chi connectivity index (χ3n) is 4.87. The second-order valence-corrected chi connectivity index (χ2v) is 7.05. The van der Waals surface area contributed by atoms with E-state index in [1.165, 1.54) is 6.39 Å². The molecular weight excluding hydrogens is 380 g/mol. The number of hydrogen-bond acceptors (Lipinski definition) is 5. The van der Waals surface area contributed by atoms with Crippen molar-refractivity contribution < 1.29 is 13.9 Å². The fourth-order valence-corrected chi connectivity index (χ4v) is 3.29. The SMILES string of the molecule is CCCCOc1ccc(CNC(=O)Cn2cc(-c3nnco3)c3ccccc32)cc1. The van der Waals surface area contributed by atoms with Gasteiger partial charge >= 0.3 is 0 Å². The molecule has 0 radical (unpaired) electrons. The van der Waals surface area contributed by atoms with Gasteiger partial charge in [0.1, 0.15) is 12.3 Å². The fraction of sp³-hybridized carbons (Fsp3) is 0.261. The van der Waals surface area contributed by atoms with Gasteiger partial charge in [-0.25, -0.2) is 0 Å². The molecule has 0 fully saturated rings. The zero-order valence-electron chi connectivity index (χ0n) is 16.9. The van der Waals surface area contributed by atoms with Crippen LogP contribution in [0.3, 0.4) is 0 Å². The number of carbonyl (C=O) groups is 1. The number of amides is 1. The summed E-state index contributed by atoms with van der Waals surface area (Å²) in [5.74, 6) is 1.22. The highest BCUT2D eigenvalue weighted by Crippen LogP contribution is 2.29. The zero-order valence-corrected chi connectivity index (χ0v) is 16.9. The van der Waals surface area contributed by atoms with E-state index in [-0.39, 0.29) is 12.5 Å². The first kappa shape index (κ1) is 19.7. The van der Waals surface area contributed by atoms with Crippen LogP contribution >= 0.6 is 0 Å². The Kier molecular flexibility index (Phi) is 6.08. The second kappa shape index (κ2) is 9.26. The molecule has 2 aromatic carbocycles. The molecule has 0 aliphatic rings. The minimum Gasteiger partial charge on any atom is -0.494 e. The number of para-hydroxylation sites is 1. The Balaban J connectivity index is 1.39. The first-order valence-electron chi connectivity index (χ1n) is 10.1. The number of hydrogen-bond donors (Lipinski definition) is 1. The predicted octanol–water partition coefficient (Wildman–Crippen LogP) is 4.19. The molecule has 0 bridgehead atoms. The average molecular weight is 404 g/mol. The van der Waals surface area contributed by atoms with Gasteiger partial charge in [-0.05, 0) is 30.2 Å². The van der Waals surface area contributed by atoms with Crippen LogP contribution in [0.5, 0.6) is 5.75 Å². The molecule has 2 heterocycles. The lowest BCUT2D eigenvalue weighted by Gasteiger charge is -2.09. The molecule has 0 atom stereocenters. The molecule has 4 aromatic rings. The summed E-state index contributed by atoms with van der Waals surface area (Å²) in [5, 5.41) is 11.7. The quantitative estimate of drug-likeness (QED) is 0.423. The van der Waals surface area contributed by atoms with Crippen molar-refractivity contribution in [3.8, 4) is 17.2 Å². The summed E-state index contributed by atoms with van der Waals surface area (Å²) in [4.78, 5) is 12.6. The number of aromatic nitrogens is 3. The van der Waals surface area contributed by atoms with E-state index in [2.05, 4.69) is 22.4 Å². The van der Waals surface area contributed by atoms with Crippen LogP contribution in [0.1, 0.15) is 25.3 Å². The lowest BCUT2D eigenvalue weighted by atomic mass is 10.2. The largest absolute Gasteiger partial charge is 0.494 e. The van der Waals surface area contributed by atoms with E-state index >= 15 is 0 Å². The van der Waals surface area contributed by atoms with Gasteiger partial charge in [0, 0.05) is 23.6 Å². The molecular formula is C23H24N4O3. The molecule has 0 saturated carbocycles. The van der Waals surface area contributed by atoms with Gasteiger partial charge in [0.15, 0.2) is 0 Å². The lowest BCUT2D eigenvalue weighted by molar-refractivity contribution is -0.121. The number of benzene rings is 2. The summed E-state index contributed by atoms with van der Waals surface area (Å²) < 4.78 is 12.9. The number of nitrogens with zero attached hydrogens (tertiary/aromatic N) is 3. The van der Waals surface area contributed by atoms with Crippen molar-refractivity contribution in [2.45, 2.75) is 32.9 Å². The monoisotopic (exact) mass is 404 g/mol. The van der Waals surface area contributed by atoms with Crippen molar-refractivity contribution in [3.05, 3.63) is 66.7 Å². The van der Waals surface area contributed by atoms with Crippen LogP contribution in [0.15, 0.2) is 65.5 Å². The number of ether oxygens (including phenoxy) is 1. The molecule has 0 spiro atoms. The molecule has 4 rings (SSSR count). The van der Waals surface area contributed by atoms with E-state index in [4.69, 9.17) is 9.15 Å². The van der Waals surface area contributed by atoms with Crippen molar-refractivity contribution >= 4 is 16.8 Å². The fourth-order valence-electron chi connectivity index (χ4n) is 3.29. The maximum absolute atomic E-state index is 12.6. The standard InChI is InChI=1S/C23H24N4O3/c1-2-3-12-29-18-10-8-17(9-11-18)13-24-22(28)15-27-14-20(23-26-25-16-30-23)19-6-4-5-7-21(19)27/h4-11,14,16H,2-3,12-13,15H2,1H3,(H,24,28). The van der Waals surface area contributed by atoms with Gasteiger partial charge in [0.05, 0.1) is 12.2 Å². The van der Waals surface area contributed by atoms with E-state index < -0.39 is 0 Å². The van der Waals surface area contributed by atoms with Gasteiger partial charge in [0.25, 0.3) is 0 Å². The molecule has 1 amide bonds. The Morgan fingerprint density at radius 3 is 2.77 bits per heavy atom. The minimum atomic E-state index is -0.0731. The summed E-state index contributed by atoms with van der Waals surface area (Å²) in [6.45, 7) is 3.53. The summed E-state index contributed by atoms with van der Waals surface area (Å²) in [6.07, 6.45) is 5.33. The van der Waals surface area contributed by atoms with Crippen LogP contribution in [-0.2, 0) is 17.9 Å². The molecule has 0 aliphatic carbocycles. The Morgan fingerprint density at radius 1 is 1.17 bits per heavy atom. The number of rotatable bonds is 9. The van der Waals surface area contributed by atoms with Crippen molar-refractivity contribution in [3.63, 3.8) is 0 Å². The summed E-state index contributed by atoms with van der Waals surface area (Å²) in [7, 11) is 0. The molecule has 0 unspecified atom stereocenters. The second-order valence-electron chi connectivity index (χ2n) is 7.05. The molecule has 7 nitrogen and oxygen atoms in total. The summed E-state index contributed by atoms with van der Waals surface area (Å²) in [6, 6.07) is 15.7. The average Bonchev–Trinajstić information content (AvgIpc) is 3.42. The molecule has 0 saturated heterocycles. The Labute approximate surface area is 174 Å². The number of fused-ring (bicyclic) bond motifs is 1. The van der Waals surface area contributed by atoms with Crippen LogP contribution in [0.25, 0.3) is 22.4 Å². The van der Waals surface area contributed by atoms with Gasteiger partial charge in [-0.15, -0.1) is 10.2 Å². The van der Waals surface area contributed by atoms with Crippen LogP contribution < -0.4 is 10.1 Å². The van der Waals surface area contributed by atoms with Crippen molar-refractivity contribution in [2.24, 2.45) is 0 Å². The normalized spacial score (nSPS) is 11.0. The van der Waals surface area contributed by atoms with Crippen molar-refractivity contribution in [1.29, 1.82) is 0 Å². The molecule has 30 heavy (non-hydrogen) atoms. The number of carbonyl (C=O) groups excluding carboxylic acids is 1. The maximum atomic E-state index is 12.6. The molecule has 7 heteroatoms. The highest BCUT2D eigenvalue weighted by molar-refractivity contribution is 5.94. The lowest BCUT2D eigenvalue weighted by Crippen LogP contribution is -2.26. The topological polar surface area (TPSA) is 82.2 Å². The zero-order chi connectivity index (χ0) is 20.8. The molecule has 154 valence electrons. The van der Waals surface area contributed by atoms with E-state index in [9.17, 15) is 4.79 Å². The van der Waals surface area contributed by atoms with Gasteiger partial charge < -0.3 is 19.0 Å². The van der Waals surface area contributed by atoms with Crippen LogP contribution in [0.4, 0.5) is 0 Å². The van der Waals surface area contributed by atoms with Gasteiger partial charge in [-0.2, -0.15) is 0 Å². The Morgan fingerprint density at radius 2 is 2.00 bits per heavy atom. The van der Waals surface area contributed by atoms with Crippen LogP contribution in [-0.4, -0.2) is 27.3 Å². The first-order valence-corrected chi connectivity index (χ1v) is 10.1. The highest BCUT2D eigenvalue weighted by Gasteiger charge is 2.15. The van der Waals surface area contributed by atoms with Crippen LogP contribution in [0.2, 0.25) is 0 Å². The molecule has 1 N–H and O–H groups in total. The summed E-state index contributed by atoms with van der Waals surface area (Å²) >= 11 is 0. The van der Waals surface area contributed by atoms with E-state index in [0.717, 1.165) is 47.2 Å². The third-order valence-corrected chi connectivity index (χ3v) is 4.87. The molecule has 2 aromatic heterocycles. The first-order chi connectivity index (χ1) is 14.7. The van der Waals surface area contributed by atoms with Crippen molar-refractivity contribution in [1.82, 2.24) is 20.1 Å². The number of unbranched alkanes of at least 4 members (excludes halogenated alkanes) is 1. The smallest absolute Gasteiger partial charge is 0.249 e. The van der Waals surface area contributed by atoms with Crippen LogP contribution in [0, 0.1) is 0 Å². The molecule has 0 aliphatic heterocycles. The predicted molar refractivity (Wildman–Crippen MR) is 114 cm³/mol. The maximum Gasteiger partial charge on any atom is 0.249 e. The minimum absolute atomic E-state index is 0.0731. The Bertz CT molecular complexity index is 1100. The van der Waals surface area contributed by atoms with Gasteiger partial charge in [-0.3, -0.25) is 4.79 Å². The van der Waals surface area contributed by atoms with Gasteiger partial charge in [-0.1, -0.05) is 43.7 Å². The van der Waals surface area contributed by atoms with E-state index in [0.29, 0.717) is 12.4 Å². The third kappa shape index (κ3) is 4.51. The van der Waals surface area contributed by atoms with Gasteiger partial charge in [0.2, 0.25) is 18.2 Å². The van der Waals surface area contributed by atoms with Crippen molar-refractivity contribution in [2.75, 3.05) is 6.61 Å². The van der Waals surface area contributed by atoms with E-state index in [1.54, 1.807) is 0 Å². The highest BCUT2D eigenvalue weighted by atomic mass is 16.5. The summed E-state index contributed by atoms with van der Waals surface area (Å²) in [5.41, 5.74) is 2.78. The van der Waals surface area contributed by atoms with E-state index in [1.807, 2.05) is 59.3 Å².